The zero-order valence-corrected chi connectivity index (χ0v) is 17.3. The monoisotopic (exact) mass is 367 g/mol. The zero-order valence-electron chi connectivity index (χ0n) is 17.3. The second-order valence-electron chi connectivity index (χ2n) is 7.12. The van der Waals surface area contributed by atoms with E-state index in [1.165, 1.54) is 38.5 Å². The number of allylic oxidation sites excluding steroid dienone is 2. The number of carbonyl (C=O) groups excluding carboxylic acids is 1. The number of nitrogens with zero attached hydrogens (tertiary/aromatic N) is 1. The number of hydrogen-bond donors (Lipinski definition) is 1. The minimum absolute atomic E-state index is 0.0341. The van der Waals surface area contributed by atoms with Gasteiger partial charge in [0.05, 0.1) is 5.92 Å². The van der Waals surface area contributed by atoms with Crippen molar-refractivity contribution in [2.24, 2.45) is 5.92 Å². The van der Waals surface area contributed by atoms with Crippen molar-refractivity contribution >= 4 is 11.9 Å². The predicted molar refractivity (Wildman–Crippen MR) is 109 cm³/mol. The fourth-order valence-corrected chi connectivity index (χ4v) is 3.16. The highest BCUT2D eigenvalue weighted by atomic mass is 16.4. The van der Waals surface area contributed by atoms with Gasteiger partial charge in [0.1, 0.15) is 0 Å². The van der Waals surface area contributed by atoms with Crippen LogP contribution < -0.4 is 0 Å². The van der Waals surface area contributed by atoms with E-state index in [1.54, 1.807) is 4.90 Å². The lowest BCUT2D eigenvalue weighted by atomic mass is 9.96. The number of carboxylic acids is 1. The summed E-state index contributed by atoms with van der Waals surface area (Å²) >= 11 is 0. The number of amides is 1. The van der Waals surface area contributed by atoms with Crippen molar-refractivity contribution in [3.63, 3.8) is 0 Å². The highest BCUT2D eigenvalue weighted by Crippen LogP contribution is 2.17. The molecule has 0 saturated heterocycles. The lowest BCUT2D eigenvalue weighted by molar-refractivity contribution is -0.146. The summed E-state index contributed by atoms with van der Waals surface area (Å²) in [6, 6.07) is 0. The van der Waals surface area contributed by atoms with Gasteiger partial charge < -0.3 is 10.0 Å². The van der Waals surface area contributed by atoms with Gasteiger partial charge >= 0.3 is 5.97 Å². The largest absolute Gasteiger partial charge is 0.481 e. The van der Waals surface area contributed by atoms with E-state index in [0.717, 1.165) is 25.7 Å². The van der Waals surface area contributed by atoms with Crippen molar-refractivity contribution in [1.29, 1.82) is 0 Å². The lowest BCUT2D eigenvalue weighted by Crippen LogP contribution is -2.33. The highest BCUT2D eigenvalue weighted by Gasteiger charge is 2.22. The van der Waals surface area contributed by atoms with Crippen molar-refractivity contribution in [3.05, 3.63) is 12.2 Å². The van der Waals surface area contributed by atoms with E-state index in [1.807, 2.05) is 13.8 Å². The molecule has 0 aliphatic carbocycles. The van der Waals surface area contributed by atoms with Gasteiger partial charge in [-0.2, -0.15) is 0 Å². The summed E-state index contributed by atoms with van der Waals surface area (Å²) < 4.78 is 0. The van der Waals surface area contributed by atoms with Crippen molar-refractivity contribution in [3.8, 4) is 0 Å². The molecule has 0 spiro atoms. The number of aliphatic carboxylic acids is 1. The molecule has 1 amide bonds. The first kappa shape index (κ1) is 24.7. The number of carboxylic acid groups (broad SMARTS) is 1. The molecule has 0 bridgehead atoms. The van der Waals surface area contributed by atoms with E-state index >= 15 is 0 Å². The van der Waals surface area contributed by atoms with Crippen molar-refractivity contribution < 1.29 is 14.7 Å². The quantitative estimate of drug-likeness (QED) is 0.260. The van der Waals surface area contributed by atoms with E-state index in [2.05, 4.69) is 19.1 Å². The predicted octanol–water partition coefficient (Wildman–Crippen LogP) is 5.81. The molecular formula is C22H41NO3. The van der Waals surface area contributed by atoms with Gasteiger partial charge in [-0.15, -0.1) is 0 Å². The van der Waals surface area contributed by atoms with Crippen LogP contribution in [0.25, 0.3) is 0 Å². The Labute approximate surface area is 161 Å². The molecule has 0 rings (SSSR count). The Morgan fingerprint density at radius 1 is 0.846 bits per heavy atom. The summed E-state index contributed by atoms with van der Waals surface area (Å²) in [5.74, 6) is -1.40. The molecule has 1 atom stereocenters. The second kappa shape index (κ2) is 17.1. The first-order chi connectivity index (χ1) is 12.6. The van der Waals surface area contributed by atoms with Crippen LogP contribution >= 0.6 is 0 Å². The average molecular weight is 368 g/mol. The van der Waals surface area contributed by atoms with Gasteiger partial charge in [-0.3, -0.25) is 9.59 Å². The Morgan fingerprint density at radius 3 is 1.92 bits per heavy atom. The Hall–Kier alpha value is -1.32. The topological polar surface area (TPSA) is 57.6 Å². The molecule has 1 N–H and O–H groups in total. The molecule has 152 valence electrons. The zero-order chi connectivity index (χ0) is 19.6. The van der Waals surface area contributed by atoms with E-state index in [4.69, 9.17) is 0 Å². The van der Waals surface area contributed by atoms with Crippen LogP contribution in [0.1, 0.15) is 97.8 Å². The van der Waals surface area contributed by atoms with Crippen LogP contribution in [-0.2, 0) is 9.59 Å². The van der Waals surface area contributed by atoms with Crippen molar-refractivity contribution in [2.45, 2.75) is 97.8 Å². The molecule has 0 aromatic rings. The maximum atomic E-state index is 12.1. The molecule has 1 unspecified atom stereocenters. The van der Waals surface area contributed by atoms with Crippen LogP contribution in [0.4, 0.5) is 0 Å². The van der Waals surface area contributed by atoms with Gasteiger partial charge in [-0.05, 0) is 46.0 Å². The Balaban J connectivity index is 3.78. The van der Waals surface area contributed by atoms with Gasteiger partial charge in [0.25, 0.3) is 0 Å². The van der Waals surface area contributed by atoms with Crippen LogP contribution in [0, 0.1) is 5.92 Å². The van der Waals surface area contributed by atoms with E-state index in [9.17, 15) is 14.7 Å². The summed E-state index contributed by atoms with van der Waals surface area (Å²) in [6.07, 6.45) is 17.1. The molecule has 26 heavy (non-hydrogen) atoms. The Bertz CT molecular complexity index is 389. The summed E-state index contributed by atoms with van der Waals surface area (Å²) in [7, 11) is 0. The van der Waals surface area contributed by atoms with Gasteiger partial charge in [-0.25, -0.2) is 0 Å². The fourth-order valence-electron chi connectivity index (χ4n) is 3.16. The molecule has 4 heteroatoms. The highest BCUT2D eigenvalue weighted by molar-refractivity contribution is 5.82. The normalized spacial score (nSPS) is 12.4. The van der Waals surface area contributed by atoms with E-state index in [-0.39, 0.29) is 12.3 Å². The van der Waals surface area contributed by atoms with Gasteiger partial charge in [0.15, 0.2) is 0 Å². The average Bonchev–Trinajstić information content (AvgIpc) is 2.62. The van der Waals surface area contributed by atoms with Crippen molar-refractivity contribution in [1.82, 2.24) is 4.90 Å². The minimum atomic E-state index is -0.835. The third kappa shape index (κ3) is 13.0. The van der Waals surface area contributed by atoms with Crippen LogP contribution in [-0.4, -0.2) is 35.0 Å². The van der Waals surface area contributed by atoms with Crippen LogP contribution in [0.15, 0.2) is 12.2 Å². The van der Waals surface area contributed by atoms with Gasteiger partial charge in [0.2, 0.25) is 5.91 Å². The van der Waals surface area contributed by atoms with Crippen LogP contribution in [0.5, 0.6) is 0 Å². The lowest BCUT2D eigenvalue weighted by Gasteiger charge is -2.21. The second-order valence-corrected chi connectivity index (χ2v) is 7.12. The molecule has 4 nitrogen and oxygen atoms in total. The third-order valence-electron chi connectivity index (χ3n) is 4.95. The molecule has 0 fully saturated rings. The summed E-state index contributed by atoms with van der Waals surface area (Å²) in [5, 5.41) is 9.35. The molecule has 0 aliphatic heterocycles. The number of unbranched alkanes of at least 4 members (excludes halogenated alkanes) is 8. The van der Waals surface area contributed by atoms with E-state index < -0.39 is 11.9 Å². The van der Waals surface area contributed by atoms with Crippen LogP contribution in [0.3, 0.4) is 0 Å². The number of rotatable bonds is 17. The molecule has 0 radical (unpaired) electrons. The van der Waals surface area contributed by atoms with Crippen LogP contribution in [0.2, 0.25) is 0 Å². The summed E-state index contributed by atoms with van der Waals surface area (Å²) in [6.45, 7) is 7.38. The molecule has 0 aromatic heterocycles. The molecule has 0 aromatic carbocycles. The fraction of sp³-hybridized carbons (Fsp3) is 0.818. The molecule has 0 aliphatic rings. The minimum Gasteiger partial charge on any atom is -0.481 e. The Morgan fingerprint density at radius 2 is 1.38 bits per heavy atom. The summed E-state index contributed by atoms with van der Waals surface area (Å²) in [5.41, 5.74) is 0. The number of carbonyl (C=O) groups is 2. The van der Waals surface area contributed by atoms with Crippen molar-refractivity contribution in [2.75, 3.05) is 13.1 Å². The molecule has 0 saturated carbocycles. The van der Waals surface area contributed by atoms with E-state index in [0.29, 0.717) is 19.5 Å². The van der Waals surface area contributed by atoms with Gasteiger partial charge in [0, 0.05) is 19.5 Å². The van der Waals surface area contributed by atoms with Gasteiger partial charge in [-0.1, -0.05) is 57.6 Å². The Kier molecular flexibility index (Phi) is 16.2. The summed E-state index contributed by atoms with van der Waals surface area (Å²) in [4.78, 5) is 25.2. The standard InChI is InChI=1S/C22H41NO3/c1-4-7-8-9-10-11-12-13-14-15-16-17-18-20(22(25)26)19-21(24)23(5-2)6-3/h10-11,20H,4-9,12-19H2,1-3H3,(H,25,26)/b11-10+. The molecular weight excluding hydrogens is 326 g/mol. The first-order valence-electron chi connectivity index (χ1n) is 10.7. The SMILES string of the molecule is CCCCC/C=C/CCCCCCCC(CC(=O)N(CC)CC)C(=O)O. The smallest absolute Gasteiger partial charge is 0.307 e. The third-order valence-corrected chi connectivity index (χ3v) is 4.95. The maximum absolute atomic E-state index is 12.1. The molecule has 0 heterocycles. The number of hydrogen-bond acceptors (Lipinski definition) is 2. The maximum Gasteiger partial charge on any atom is 0.307 e. The first-order valence-corrected chi connectivity index (χ1v) is 10.7.